The molecule has 1 fully saturated rings. The molecule has 2 aliphatic heterocycles. The number of methoxy groups -OCH3 is 1. The molecule has 120 valence electrons. The van der Waals surface area contributed by atoms with Gasteiger partial charge in [-0.3, -0.25) is 4.84 Å². The Labute approximate surface area is 131 Å². The van der Waals surface area contributed by atoms with Crippen LogP contribution in [-0.4, -0.2) is 43.3 Å². The van der Waals surface area contributed by atoms with E-state index in [1.54, 1.807) is 7.11 Å². The lowest BCUT2D eigenvalue weighted by Gasteiger charge is -2.37. The van der Waals surface area contributed by atoms with E-state index in [0.717, 1.165) is 5.76 Å². The average Bonchev–Trinajstić information content (AvgIpc) is 2.88. The Morgan fingerprint density at radius 3 is 2.68 bits per heavy atom. The Morgan fingerprint density at radius 2 is 2.05 bits per heavy atom. The van der Waals surface area contributed by atoms with Crippen LogP contribution in [0.5, 0.6) is 0 Å². The number of hydrogen-bond donors (Lipinski definition) is 0. The van der Waals surface area contributed by atoms with Gasteiger partial charge in [0, 0.05) is 0 Å². The van der Waals surface area contributed by atoms with E-state index < -0.39 is 5.79 Å². The first-order valence-electron chi connectivity index (χ1n) is 7.58. The van der Waals surface area contributed by atoms with Gasteiger partial charge in [0.1, 0.15) is 17.9 Å². The van der Waals surface area contributed by atoms with Crippen LogP contribution in [0.25, 0.3) is 0 Å². The number of hydroxylamine groups is 2. The third kappa shape index (κ3) is 3.33. The molecule has 2 atom stereocenters. The van der Waals surface area contributed by atoms with Crippen molar-refractivity contribution in [3.8, 4) is 0 Å². The largest absolute Gasteiger partial charge is 0.499 e. The second-order valence-corrected chi connectivity index (χ2v) is 5.98. The predicted molar refractivity (Wildman–Crippen MR) is 81.7 cm³/mol. The summed E-state index contributed by atoms with van der Waals surface area (Å²) in [5, 5.41) is 1.93. The van der Waals surface area contributed by atoms with Crippen LogP contribution in [0.2, 0.25) is 0 Å². The van der Waals surface area contributed by atoms with Crippen molar-refractivity contribution >= 4 is 0 Å². The molecular formula is C17H23NO4. The molecule has 0 aromatic heterocycles. The molecule has 0 unspecified atom stereocenters. The summed E-state index contributed by atoms with van der Waals surface area (Å²) in [5.74, 6) is 0.299. The van der Waals surface area contributed by atoms with E-state index in [9.17, 15) is 0 Å². The normalized spacial score (nSPS) is 28.4. The van der Waals surface area contributed by atoms with Gasteiger partial charge in [-0.2, -0.15) is 5.06 Å². The van der Waals surface area contributed by atoms with Crippen LogP contribution in [0, 0.1) is 0 Å². The molecule has 0 spiro atoms. The Kier molecular flexibility index (Phi) is 4.49. The second kappa shape index (κ2) is 6.38. The van der Waals surface area contributed by atoms with Gasteiger partial charge >= 0.3 is 0 Å². The molecule has 5 nitrogen and oxygen atoms in total. The first-order chi connectivity index (χ1) is 10.6. The maximum atomic E-state index is 6.02. The molecule has 0 amide bonds. The minimum absolute atomic E-state index is 0.110. The Bertz CT molecular complexity index is 529. The van der Waals surface area contributed by atoms with Crippen molar-refractivity contribution in [1.82, 2.24) is 5.06 Å². The second-order valence-electron chi connectivity index (χ2n) is 5.98. The molecule has 0 radical (unpaired) electrons. The van der Waals surface area contributed by atoms with Gasteiger partial charge in [0.05, 0.1) is 26.9 Å². The van der Waals surface area contributed by atoms with Crippen molar-refractivity contribution < 1.29 is 19.0 Å². The maximum absolute atomic E-state index is 6.02. The van der Waals surface area contributed by atoms with Crippen LogP contribution in [0.3, 0.4) is 0 Å². The molecule has 2 aliphatic rings. The fraction of sp³-hybridized carbons (Fsp3) is 0.529. The van der Waals surface area contributed by atoms with E-state index in [2.05, 4.69) is 12.1 Å². The van der Waals surface area contributed by atoms with Gasteiger partial charge in [0.25, 0.3) is 0 Å². The fourth-order valence-corrected chi connectivity index (χ4v) is 2.91. The molecule has 5 heteroatoms. The lowest BCUT2D eigenvalue weighted by atomic mass is 10.1. The van der Waals surface area contributed by atoms with Crippen molar-refractivity contribution in [3.05, 3.63) is 47.7 Å². The molecule has 0 saturated carbocycles. The fourth-order valence-electron chi connectivity index (χ4n) is 2.91. The number of rotatable bonds is 4. The maximum Gasteiger partial charge on any atom is 0.163 e. The third-order valence-electron chi connectivity index (χ3n) is 3.93. The molecule has 0 bridgehead atoms. The van der Waals surface area contributed by atoms with Crippen molar-refractivity contribution in [1.29, 1.82) is 0 Å². The van der Waals surface area contributed by atoms with Gasteiger partial charge in [-0.25, -0.2) is 0 Å². The minimum atomic E-state index is -0.570. The molecule has 3 rings (SSSR count). The van der Waals surface area contributed by atoms with E-state index in [0.29, 0.717) is 19.8 Å². The molecule has 1 aromatic carbocycles. The van der Waals surface area contributed by atoms with Crippen LogP contribution < -0.4 is 0 Å². The monoisotopic (exact) mass is 305 g/mol. The summed E-state index contributed by atoms with van der Waals surface area (Å²) < 4.78 is 17.3. The molecule has 1 aromatic rings. The van der Waals surface area contributed by atoms with E-state index in [-0.39, 0.29) is 12.1 Å². The first kappa shape index (κ1) is 15.5. The van der Waals surface area contributed by atoms with Crippen molar-refractivity contribution in [2.24, 2.45) is 0 Å². The van der Waals surface area contributed by atoms with Gasteiger partial charge in [-0.05, 0) is 25.5 Å². The first-order valence-corrected chi connectivity index (χ1v) is 7.58. The minimum Gasteiger partial charge on any atom is -0.499 e. The zero-order valence-corrected chi connectivity index (χ0v) is 13.3. The smallest absolute Gasteiger partial charge is 0.163 e. The zero-order chi connectivity index (χ0) is 15.6. The average molecular weight is 305 g/mol. The van der Waals surface area contributed by atoms with Crippen LogP contribution in [0.15, 0.2) is 42.2 Å². The summed E-state index contributed by atoms with van der Waals surface area (Å²) in [6.07, 6.45) is 1.84. The summed E-state index contributed by atoms with van der Waals surface area (Å²) in [7, 11) is 1.69. The number of nitrogens with zero attached hydrogens (tertiary/aromatic N) is 1. The van der Waals surface area contributed by atoms with E-state index >= 15 is 0 Å². The third-order valence-corrected chi connectivity index (χ3v) is 3.93. The zero-order valence-electron chi connectivity index (χ0n) is 13.3. The lowest BCUT2D eigenvalue weighted by Crippen LogP contribution is -2.48. The summed E-state index contributed by atoms with van der Waals surface area (Å²) in [6.45, 7) is 5.55. The summed E-state index contributed by atoms with van der Waals surface area (Å²) in [4.78, 5) is 5.85. The highest BCUT2D eigenvalue weighted by molar-refractivity contribution is 5.16. The Balaban J connectivity index is 1.80. The van der Waals surface area contributed by atoms with Gasteiger partial charge < -0.3 is 14.2 Å². The van der Waals surface area contributed by atoms with Crippen LogP contribution >= 0.6 is 0 Å². The SMILES string of the molecule is COC1=CCON(Cc2ccccc2)[C@@H]1[C@H]1COC(C)(C)O1. The number of hydrogen-bond acceptors (Lipinski definition) is 5. The Hall–Kier alpha value is -1.40. The number of ether oxygens (including phenoxy) is 3. The van der Waals surface area contributed by atoms with Gasteiger partial charge in [-0.1, -0.05) is 30.3 Å². The highest BCUT2D eigenvalue weighted by atomic mass is 16.8. The summed E-state index contributed by atoms with van der Waals surface area (Å²) >= 11 is 0. The van der Waals surface area contributed by atoms with E-state index in [4.69, 9.17) is 19.0 Å². The summed E-state index contributed by atoms with van der Waals surface area (Å²) in [5.41, 5.74) is 1.18. The van der Waals surface area contributed by atoms with E-state index in [1.807, 2.05) is 43.2 Å². The molecular weight excluding hydrogens is 282 g/mol. The van der Waals surface area contributed by atoms with Gasteiger partial charge in [0.2, 0.25) is 0 Å². The molecule has 2 heterocycles. The van der Waals surface area contributed by atoms with Crippen molar-refractivity contribution in [3.63, 3.8) is 0 Å². The molecule has 0 N–H and O–H groups in total. The van der Waals surface area contributed by atoms with Gasteiger partial charge in [-0.15, -0.1) is 0 Å². The predicted octanol–water partition coefficient (Wildman–Crippen LogP) is 2.48. The van der Waals surface area contributed by atoms with Crippen LogP contribution in [0.4, 0.5) is 0 Å². The van der Waals surface area contributed by atoms with Crippen molar-refractivity contribution in [2.75, 3.05) is 20.3 Å². The summed E-state index contributed by atoms with van der Waals surface area (Å²) in [6, 6.07) is 10.1. The van der Waals surface area contributed by atoms with E-state index in [1.165, 1.54) is 5.56 Å². The molecule has 1 saturated heterocycles. The highest BCUT2D eigenvalue weighted by Gasteiger charge is 2.43. The molecule has 22 heavy (non-hydrogen) atoms. The van der Waals surface area contributed by atoms with Crippen molar-refractivity contribution in [2.45, 2.75) is 38.3 Å². The van der Waals surface area contributed by atoms with Crippen LogP contribution in [-0.2, 0) is 25.6 Å². The molecule has 0 aliphatic carbocycles. The topological polar surface area (TPSA) is 40.2 Å². The van der Waals surface area contributed by atoms with Crippen LogP contribution in [0.1, 0.15) is 19.4 Å². The lowest BCUT2D eigenvalue weighted by molar-refractivity contribution is -0.223. The Morgan fingerprint density at radius 1 is 1.27 bits per heavy atom. The highest BCUT2D eigenvalue weighted by Crippen LogP contribution is 2.32. The standard InChI is InChI=1S/C17H23NO4/c1-17(2)20-12-15(22-17)16-14(19-3)9-10-21-18(16)11-13-7-5-4-6-8-13/h4-9,15-16H,10-12H2,1-3H3/t15-,16+/m1/s1. The number of benzene rings is 1. The van der Waals surface area contributed by atoms with Gasteiger partial charge in [0.15, 0.2) is 5.79 Å². The quantitative estimate of drug-likeness (QED) is 0.855.